The number of nitrogens with one attached hydrogen (secondary N) is 2. The Bertz CT molecular complexity index is 492. The van der Waals surface area contributed by atoms with E-state index in [9.17, 15) is 14.7 Å². The van der Waals surface area contributed by atoms with E-state index in [2.05, 4.69) is 10.6 Å². The summed E-state index contributed by atoms with van der Waals surface area (Å²) in [5.74, 6) is -0.356. The van der Waals surface area contributed by atoms with Crippen molar-refractivity contribution in [2.45, 2.75) is 43.9 Å². The molecule has 0 radical (unpaired) electrons. The molecule has 1 saturated carbocycles. The van der Waals surface area contributed by atoms with Gasteiger partial charge in [-0.2, -0.15) is 0 Å². The van der Waals surface area contributed by atoms with Gasteiger partial charge in [0.1, 0.15) is 6.04 Å². The van der Waals surface area contributed by atoms with Gasteiger partial charge < -0.3 is 21.5 Å². The van der Waals surface area contributed by atoms with Crippen LogP contribution in [-0.2, 0) is 4.79 Å². The Kier molecular flexibility index (Phi) is 5.16. The van der Waals surface area contributed by atoms with Gasteiger partial charge in [-0.05, 0) is 18.4 Å². The lowest BCUT2D eigenvalue weighted by Gasteiger charge is -2.30. The lowest BCUT2D eigenvalue weighted by atomic mass is 9.92. The largest absolute Gasteiger partial charge is 0.391 e. The molecule has 114 valence electrons. The van der Waals surface area contributed by atoms with Gasteiger partial charge in [-0.15, -0.1) is 0 Å². The summed E-state index contributed by atoms with van der Waals surface area (Å²) in [7, 11) is 0. The first-order valence-corrected chi connectivity index (χ1v) is 7.17. The van der Waals surface area contributed by atoms with Crippen molar-refractivity contribution in [1.29, 1.82) is 0 Å². The summed E-state index contributed by atoms with van der Waals surface area (Å²) in [6.45, 7) is 0. The summed E-state index contributed by atoms with van der Waals surface area (Å²) in [5.41, 5.74) is 5.80. The number of rotatable bonds is 4. The van der Waals surface area contributed by atoms with E-state index in [1.165, 1.54) is 0 Å². The molecule has 21 heavy (non-hydrogen) atoms. The molecule has 1 aromatic rings. The average molecular weight is 291 g/mol. The van der Waals surface area contributed by atoms with Gasteiger partial charge in [-0.3, -0.25) is 4.79 Å². The van der Waals surface area contributed by atoms with E-state index in [4.69, 9.17) is 5.73 Å². The molecule has 2 rings (SSSR count). The van der Waals surface area contributed by atoms with Crippen molar-refractivity contribution in [3.8, 4) is 0 Å². The Hall–Kier alpha value is -2.08. The first-order valence-electron chi connectivity index (χ1n) is 7.17. The summed E-state index contributed by atoms with van der Waals surface area (Å²) >= 11 is 0. The summed E-state index contributed by atoms with van der Waals surface area (Å²) in [6, 6.07) is 7.01. The zero-order chi connectivity index (χ0) is 15.2. The van der Waals surface area contributed by atoms with Crippen LogP contribution in [-0.4, -0.2) is 29.2 Å². The van der Waals surface area contributed by atoms with Gasteiger partial charge in [0.25, 0.3) is 0 Å². The van der Waals surface area contributed by atoms with Crippen LogP contribution in [0.15, 0.2) is 30.3 Å². The first kappa shape index (κ1) is 15.3. The van der Waals surface area contributed by atoms with E-state index >= 15 is 0 Å². The van der Waals surface area contributed by atoms with Gasteiger partial charge in [-0.25, -0.2) is 4.79 Å². The van der Waals surface area contributed by atoms with Crippen molar-refractivity contribution in [3.05, 3.63) is 35.9 Å². The van der Waals surface area contributed by atoms with E-state index < -0.39 is 18.2 Å². The van der Waals surface area contributed by atoms with Gasteiger partial charge in [0.05, 0.1) is 12.1 Å². The molecule has 0 aromatic heterocycles. The van der Waals surface area contributed by atoms with Crippen molar-refractivity contribution in [2.24, 2.45) is 5.73 Å². The maximum atomic E-state index is 12.4. The molecular formula is C15H21N3O3. The summed E-state index contributed by atoms with van der Waals surface area (Å²) in [5, 5.41) is 15.2. The van der Waals surface area contributed by atoms with E-state index in [1.807, 2.05) is 6.07 Å². The summed E-state index contributed by atoms with van der Waals surface area (Å²) in [4.78, 5) is 23.5. The SMILES string of the molecule is NC(=O)NC(C(=O)N[C@H]1CCCC[C@@H]1O)c1ccccc1. The van der Waals surface area contributed by atoms with Gasteiger partial charge in [0, 0.05) is 0 Å². The molecule has 1 aliphatic rings. The van der Waals surface area contributed by atoms with Crippen LogP contribution in [0.5, 0.6) is 0 Å². The summed E-state index contributed by atoms with van der Waals surface area (Å²) < 4.78 is 0. The van der Waals surface area contributed by atoms with Crippen LogP contribution in [0.1, 0.15) is 37.3 Å². The highest BCUT2D eigenvalue weighted by atomic mass is 16.3. The number of aliphatic hydroxyl groups excluding tert-OH is 1. The molecule has 0 saturated heterocycles. The fourth-order valence-corrected chi connectivity index (χ4v) is 2.63. The van der Waals surface area contributed by atoms with Crippen LogP contribution in [0.3, 0.4) is 0 Å². The van der Waals surface area contributed by atoms with Crippen LogP contribution < -0.4 is 16.4 Å². The Morgan fingerprint density at radius 3 is 2.48 bits per heavy atom. The fraction of sp³-hybridized carbons (Fsp3) is 0.467. The Balaban J connectivity index is 2.09. The van der Waals surface area contributed by atoms with Gasteiger partial charge in [0.2, 0.25) is 5.91 Å². The second kappa shape index (κ2) is 7.08. The molecule has 5 N–H and O–H groups in total. The Morgan fingerprint density at radius 2 is 1.86 bits per heavy atom. The van der Waals surface area contributed by atoms with E-state index in [0.717, 1.165) is 19.3 Å². The zero-order valence-electron chi connectivity index (χ0n) is 11.8. The maximum Gasteiger partial charge on any atom is 0.313 e. The van der Waals surface area contributed by atoms with Gasteiger partial charge >= 0.3 is 6.03 Å². The lowest BCUT2D eigenvalue weighted by Crippen LogP contribution is -2.50. The molecule has 3 amide bonds. The minimum Gasteiger partial charge on any atom is -0.391 e. The number of nitrogens with two attached hydrogens (primary N) is 1. The predicted molar refractivity (Wildman–Crippen MR) is 78.3 cm³/mol. The first-order chi connectivity index (χ1) is 10.1. The third-order valence-corrected chi connectivity index (χ3v) is 3.74. The van der Waals surface area contributed by atoms with Crippen molar-refractivity contribution in [3.63, 3.8) is 0 Å². The smallest absolute Gasteiger partial charge is 0.313 e. The second-order valence-corrected chi connectivity index (χ2v) is 5.32. The molecule has 6 heteroatoms. The minimum absolute atomic E-state index is 0.271. The highest BCUT2D eigenvalue weighted by molar-refractivity contribution is 5.87. The van der Waals surface area contributed by atoms with Crippen LogP contribution in [0.4, 0.5) is 4.79 Å². The average Bonchev–Trinajstić information content (AvgIpc) is 2.48. The molecule has 1 unspecified atom stereocenters. The number of hydrogen-bond acceptors (Lipinski definition) is 3. The third-order valence-electron chi connectivity index (χ3n) is 3.74. The zero-order valence-corrected chi connectivity index (χ0v) is 11.8. The van der Waals surface area contributed by atoms with Gasteiger partial charge in [0.15, 0.2) is 0 Å². The number of carbonyl (C=O) groups is 2. The van der Waals surface area contributed by atoms with Crippen LogP contribution in [0, 0.1) is 0 Å². The second-order valence-electron chi connectivity index (χ2n) is 5.32. The number of carbonyl (C=O) groups excluding carboxylic acids is 2. The van der Waals surface area contributed by atoms with Gasteiger partial charge in [-0.1, -0.05) is 43.2 Å². The highest BCUT2D eigenvalue weighted by Gasteiger charge is 2.28. The van der Waals surface area contributed by atoms with E-state index in [0.29, 0.717) is 12.0 Å². The Morgan fingerprint density at radius 1 is 1.19 bits per heavy atom. The molecule has 6 nitrogen and oxygen atoms in total. The number of aliphatic hydroxyl groups is 1. The van der Waals surface area contributed by atoms with Crippen molar-refractivity contribution in [1.82, 2.24) is 10.6 Å². The van der Waals surface area contributed by atoms with Crippen molar-refractivity contribution in [2.75, 3.05) is 0 Å². The molecular weight excluding hydrogens is 270 g/mol. The molecule has 1 fully saturated rings. The third kappa shape index (κ3) is 4.19. The van der Waals surface area contributed by atoms with E-state index in [-0.39, 0.29) is 11.9 Å². The molecule has 0 bridgehead atoms. The topological polar surface area (TPSA) is 104 Å². The van der Waals surface area contributed by atoms with Crippen LogP contribution >= 0.6 is 0 Å². The standard InChI is InChI=1S/C15H21N3O3/c16-15(21)18-13(10-6-2-1-3-7-10)14(20)17-11-8-4-5-9-12(11)19/h1-3,6-7,11-13,19H,4-5,8-9H2,(H,17,20)(H3,16,18,21)/t11-,12-,13?/m0/s1. The molecule has 0 heterocycles. The monoisotopic (exact) mass is 291 g/mol. The van der Waals surface area contributed by atoms with Crippen molar-refractivity contribution < 1.29 is 14.7 Å². The fourth-order valence-electron chi connectivity index (χ4n) is 2.63. The van der Waals surface area contributed by atoms with Crippen molar-refractivity contribution >= 4 is 11.9 Å². The highest BCUT2D eigenvalue weighted by Crippen LogP contribution is 2.20. The number of hydrogen-bond donors (Lipinski definition) is 4. The normalized spacial score (nSPS) is 23.1. The number of amides is 3. The van der Waals surface area contributed by atoms with Crippen LogP contribution in [0.25, 0.3) is 0 Å². The Labute approximate surface area is 123 Å². The lowest BCUT2D eigenvalue weighted by molar-refractivity contribution is -0.125. The number of primary amides is 1. The molecule has 0 aliphatic heterocycles. The summed E-state index contributed by atoms with van der Waals surface area (Å²) in [6.07, 6.45) is 2.83. The molecule has 0 spiro atoms. The number of benzene rings is 1. The number of urea groups is 1. The quantitative estimate of drug-likeness (QED) is 0.660. The molecule has 1 aromatic carbocycles. The van der Waals surface area contributed by atoms with E-state index in [1.54, 1.807) is 24.3 Å². The predicted octanol–water partition coefficient (Wildman–Crippen LogP) is 0.816. The molecule has 3 atom stereocenters. The molecule has 1 aliphatic carbocycles. The maximum absolute atomic E-state index is 12.4. The minimum atomic E-state index is -0.849. The van der Waals surface area contributed by atoms with Crippen LogP contribution in [0.2, 0.25) is 0 Å².